The van der Waals surface area contributed by atoms with Gasteiger partial charge in [-0.2, -0.15) is 0 Å². The van der Waals surface area contributed by atoms with Crippen molar-refractivity contribution in [2.45, 2.75) is 31.5 Å². The molecule has 0 bridgehead atoms. The lowest BCUT2D eigenvalue weighted by atomic mass is 10.2. The van der Waals surface area contributed by atoms with Crippen molar-refractivity contribution in [1.29, 1.82) is 0 Å². The van der Waals surface area contributed by atoms with E-state index < -0.39 is 18.7 Å². The predicted octanol–water partition coefficient (Wildman–Crippen LogP) is 3.22. The fourth-order valence-electron chi connectivity index (χ4n) is 2.87. The van der Waals surface area contributed by atoms with Crippen LogP contribution in [0.3, 0.4) is 0 Å². The molecule has 0 amide bonds. The lowest BCUT2D eigenvalue weighted by Crippen LogP contribution is -2.29. The van der Waals surface area contributed by atoms with Crippen LogP contribution in [-0.4, -0.2) is 46.8 Å². The van der Waals surface area contributed by atoms with Crippen molar-refractivity contribution in [3.8, 4) is 11.3 Å². The minimum absolute atomic E-state index is 0.309. The highest BCUT2D eigenvalue weighted by molar-refractivity contribution is 7.62. The zero-order valence-corrected chi connectivity index (χ0v) is 14.7. The summed E-state index contributed by atoms with van der Waals surface area (Å²) in [5.41, 5.74) is 1.73. The van der Waals surface area contributed by atoms with E-state index in [9.17, 15) is 4.57 Å². The molecule has 1 saturated heterocycles. The minimum atomic E-state index is -2.53. The number of rotatable bonds is 4. The molecule has 1 aliphatic heterocycles. The Kier molecular flexibility index (Phi) is 4.17. The van der Waals surface area contributed by atoms with Crippen LogP contribution < -0.4 is 0 Å². The van der Waals surface area contributed by atoms with E-state index in [1.54, 1.807) is 18.0 Å². The van der Waals surface area contributed by atoms with Gasteiger partial charge in [-0.3, -0.25) is 0 Å². The summed E-state index contributed by atoms with van der Waals surface area (Å²) >= 11 is 0. The van der Waals surface area contributed by atoms with Crippen LogP contribution >= 0.6 is 7.14 Å². The summed E-state index contributed by atoms with van der Waals surface area (Å²) in [4.78, 5) is 0. The topological polar surface area (TPSA) is 66.2 Å². The number of ether oxygens (including phenoxy) is 2. The second-order valence-corrected chi connectivity index (χ2v) is 10.1. The van der Waals surface area contributed by atoms with Gasteiger partial charge in [-0.05, 0) is 27.2 Å². The molecule has 3 rings (SSSR count). The van der Waals surface area contributed by atoms with Gasteiger partial charge in [0.15, 0.2) is 5.79 Å². The third kappa shape index (κ3) is 3.55. The molecule has 0 N–H and O–H groups in total. The number of benzene rings is 1. The fraction of sp³-hybridized carbons (Fsp3) is 0.500. The van der Waals surface area contributed by atoms with Crippen LogP contribution in [0.1, 0.15) is 19.6 Å². The van der Waals surface area contributed by atoms with Crippen LogP contribution in [0, 0.1) is 0 Å². The highest BCUT2D eigenvalue weighted by atomic mass is 31.2. The maximum Gasteiger partial charge on any atom is 0.163 e. The summed E-state index contributed by atoms with van der Waals surface area (Å²) in [5.74, 6) is -1.06. The highest BCUT2D eigenvalue weighted by Gasteiger charge is 2.43. The van der Waals surface area contributed by atoms with Crippen LogP contribution in [0.2, 0.25) is 0 Å². The second kappa shape index (κ2) is 5.86. The van der Waals surface area contributed by atoms with E-state index in [0.29, 0.717) is 6.61 Å². The Morgan fingerprint density at radius 1 is 1.30 bits per heavy atom. The molecule has 1 aromatic heterocycles. The van der Waals surface area contributed by atoms with Crippen LogP contribution in [0.4, 0.5) is 0 Å². The van der Waals surface area contributed by atoms with E-state index in [2.05, 4.69) is 10.3 Å². The normalized spacial score (nSPS) is 22.2. The van der Waals surface area contributed by atoms with Gasteiger partial charge in [0, 0.05) is 5.56 Å². The van der Waals surface area contributed by atoms with Gasteiger partial charge in [0.1, 0.15) is 24.7 Å². The van der Waals surface area contributed by atoms with Crippen LogP contribution in [0.5, 0.6) is 0 Å². The van der Waals surface area contributed by atoms with Crippen molar-refractivity contribution in [3.05, 3.63) is 36.5 Å². The summed E-state index contributed by atoms with van der Waals surface area (Å²) in [5, 5.41) is 8.43. The zero-order valence-electron chi connectivity index (χ0n) is 13.8. The Balaban J connectivity index is 1.93. The molecule has 0 saturated carbocycles. The molecule has 0 radical (unpaired) electrons. The lowest BCUT2D eigenvalue weighted by molar-refractivity contribution is -0.140. The molecule has 0 aliphatic carbocycles. The van der Waals surface area contributed by atoms with E-state index in [4.69, 9.17) is 9.47 Å². The van der Waals surface area contributed by atoms with Gasteiger partial charge >= 0.3 is 0 Å². The molecule has 1 aromatic carbocycles. The Morgan fingerprint density at radius 2 is 2.00 bits per heavy atom. The average molecular weight is 335 g/mol. The van der Waals surface area contributed by atoms with Crippen molar-refractivity contribution in [2.75, 3.05) is 19.9 Å². The molecule has 2 heterocycles. The predicted molar refractivity (Wildman–Crippen MR) is 88.9 cm³/mol. The molecule has 124 valence electrons. The van der Waals surface area contributed by atoms with E-state index in [-0.39, 0.29) is 6.10 Å². The van der Waals surface area contributed by atoms with Crippen molar-refractivity contribution in [2.24, 2.45) is 0 Å². The van der Waals surface area contributed by atoms with Gasteiger partial charge in [-0.1, -0.05) is 35.5 Å². The van der Waals surface area contributed by atoms with Gasteiger partial charge in [0.25, 0.3) is 0 Å². The van der Waals surface area contributed by atoms with Crippen molar-refractivity contribution < 1.29 is 14.0 Å². The molecule has 1 aliphatic rings. The quantitative estimate of drug-likeness (QED) is 0.803. The fourth-order valence-corrected chi connectivity index (χ4v) is 4.50. The Labute approximate surface area is 136 Å². The van der Waals surface area contributed by atoms with E-state index >= 15 is 0 Å². The first-order valence-electron chi connectivity index (χ1n) is 7.60. The van der Waals surface area contributed by atoms with Crippen molar-refractivity contribution in [1.82, 2.24) is 15.0 Å². The minimum Gasteiger partial charge on any atom is -0.348 e. The Morgan fingerprint density at radius 3 is 2.57 bits per heavy atom. The maximum atomic E-state index is 12.8. The molecule has 7 heteroatoms. The molecule has 6 nitrogen and oxygen atoms in total. The average Bonchev–Trinajstić information content (AvgIpc) is 3.06. The number of hydrogen-bond donors (Lipinski definition) is 0. The molecule has 0 spiro atoms. The van der Waals surface area contributed by atoms with Crippen LogP contribution in [-0.2, 0) is 14.0 Å². The lowest BCUT2D eigenvalue weighted by Gasteiger charge is -2.27. The summed E-state index contributed by atoms with van der Waals surface area (Å²) in [7, 11) is -2.53. The van der Waals surface area contributed by atoms with Gasteiger partial charge in [-0.15, -0.1) is 5.10 Å². The van der Waals surface area contributed by atoms with Crippen molar-refractivity contribution in [3.63, 3.8) is 0 Å². The number of aromatic nitrogens is 3. The molecule has 1 fully saturated rings. The Hall–Kier alpha value is -1.49. The molecule has 23 heavy (non-hydrogen) atoms. The molecule has 2 atom stereocenters. The first-order valence-corrected chi connectivity index (χ1v) is 10.3. The summed E-state index contributed by atoms with van der Waals surface area (Å²) in [6.45, 7) is 7.60. The van der Waals surface area contributed by atoms with Gasteiger partial charge in [0.05, 0.1) is 12.8 Å². The molecular formula is C16H22N3O3P. The monoisotopic (exact) mass is 335 g/mol. The zero-order chi connectivity index (χ0) is 16.7. The third-order valence-corrected chi connectivity index (χ3v) is 5.69. The molecule has 1 unspecified atom stereocenters. The molecular weight excluding hydrogens is 313 g/mol. The highest BCUT2D eigenvalue weighted by Crippen LogP contribution is 2.54. The van der Waals surface area contributed by atoms with Crippen molar-refractivity contribution >= 4 is 7.14 Å². The third-order valence-electron chi connectivity index (χ3n) is 3.85. The van der Waals surface area contributed by atoms with E-state index in [1.165, 1.54) is 0 Å². The number of nitrogens with zero attached hydrogens (tertiary/aromatic N) is 3. The standard InChI is InChI=1S/C16H22N3O3P/c1-16(2)21-11-14(22-16)15(23(3,4)20)19-10-13(17-18-19)12-8-6-5-7-9-12/h5-10,14-15H,11H2,1-4H3/t14?,15-/m1/s1. The maximum absolute atomic E-state index is 12.8. The Bertz CT molecular complexity index is 723. The second-order valence-electron chi connectivity index (χ2n) is 6.66. The van der Waals surface area contributed by atoms with E-state index in [1.807, 2.05) is 50.4 Å². The first-order chi connectivity index (χ1) is 10.8. The summed E-state index contributed by atoms with van der Waals surface area (Å²) in [6.07, 6.45) is 1.52. The summed E-state index contributed by atoms with van der Waals surface area (Å²) < 4.78 is 26.1. The van der Waals surface area contributed by atoms with Gasteiger partial charge < -0.3 is 14.0 Å². The first kappa shape index (κ1) is 16.4. The van der Waals surface area contributed by atoms with Crippen LogP contribution in [0.15, 0.2) is 36.5 Å². The largest absolute Gasteiger partial charge is 0.348 e. The van der Waals surface area contributed by atoms with Gasteiger partial charge in [-0.25, -0.2) is 4.68 Å². The smallest absolute Gasteiger partial charge is 0.163 e. The number of hydrogen-bond acceptors (Lipinski definition) is 5. The van der Waals surface area contributed by atoms with E-state index in [0.717, 1.165) is 11.3 Å². The summed E-state index contributed by atoms with van der Waals surface area (Å²) in [6, 6.07) is 9.80. The SMILES string of the molecule is CC1(C)OCC([C@H](n2cc(-c3ccccc3)nn2)P(C)(C)=O)O1. The van der Waals surface area contributed by atoms with Crippen LogP contribution in [0.25, 0.3) is 11.3 Å². The van der Waals surface area contributed by atoms with Gasteiger partial charge in [0.2, 0.25) is 0 Å². The molecule has 2 aromatic rings.